The molecule has 0 fully saturated rings. The Bertz CT molecular complexity index is 433. The molecule has 5 nitrogen and oxygen atoms in total. The number of nitro groups is 1. The van der Waals surface area contributed by atoms with Crippen LogP contribution in [0.25, 0.3) is 0 Å². The molecule has 1 unspecified atom stereocenters. The molecule has 0 radical (unpaired) electrons. The summed E-state index contributed by atoms with van der Waals surface area (Å²) in [6.45, 7) is 1.32. The Labute approximate surface area is 97.1 Å². The van der Waals surface area contributed by atoms with Crippen LogP contribution in [0.1, 0.15) is 17.9 Å². The summed E-state index contributed by atoms with van der Waals surface area (Å²) in [6, 6.07) is 4.30. The van der Waals surface area contributed by atoms with E-state index in [4.69, 9.17) is 16.3 Å². The molecule has 1 rings (SSSR count). The number of nitro benzene ring substituents is 1. The number of hydrogen-bond donors (Lipinski definition) is 0. The molecule has 0 saturated carbocycles. The van der Waals surface area contributed by atoms with E-state index in [1.807, 2.05) is 0 Å². The summed E-state index contributed by atoms with van der Waals surface area (Å²) < 4.78 is 4.93. The monoisotopic (exact) mass is 243 g/mol. The van der Waals surface area contributed by atoms with Gasteiger partial charge in [0.2, 0.25) is 5.75 Å². The average Bonchev–Trinajstić information content (AvgIpc) is 2.26. The van der Waals surface area contributed by atoms with Crippen molar-refractivity contribution in [3.8, 4) is 5.75 Å². The van der Waals surface area contributed by atoms with Gasteiger partial charge in [-0.05, 0) is 6.92 Å². The Morgan fingerprint density at radius 2 is 2.19 bits per heavy atom. The highest BCUT2D eigenvalue weighted by Crippen LogP contribution is 2.37. The molecule has 0 aliphatic carbocycles. The van der Waals surface area contributed by atoms with E-state index in [9.17, 15) is 14.9 Å². The first kappa shape index (κ1) is 12.4. The summed E-state index contributed by atoms with van der Waals surface area (Å²) in [5.41, 5.74) is 0.109. The van der Waals surface area contributed by atoms with Gasteiger partial charge in [-0.15, -0.1) is 11.6 Å². The van der Waals surface area contributed by atoms with Crippen molar-refractivity contribution >= 4 is 23.1 Å². The zero-order chi connectivity index (χ0) is 12.3. The molecule has 6 heteroatoms. The first-order valence-corrected chi connectivity index (χ1v) is 4.88. The minimum Gasteiger partial charge on any atom is -0.490 e. The maximum Gasteiger partial charge on any atom is 0.311 e. The lowest BCUT2D eigenvalue weighted by Crippen LogP contribution is -2.05. The van der Waals surface area contributed by atoms with Gasteiger partial charge in [-0.25, -0.2) is 0 Å². The summed E-state index contributed by atoms with van der Waals surface area (Å²) in [4.78, 5) is 21.3. The zero-order valence-electron chi connectivity index (χ0n) is 8.77. The van der Waals surface area contributed by atoms with Crippen LogP contribution in [0.2, 0.25) is 0 Å². The number of methoxy groups -OCH3 is 1. The molecule has 0 heterocycles. The number of alkyl halides is 1. The van der Waals surface area contributed by atoms with E-state index in [2.05, 4.69) is 0 Å². The highest BCUT2D eigenvalue weighted by molar-refractivity contribution is 6.31. The normalized spacial score (nSPS) is 11.9. The second-order valence-electron chi connectivity index (χ2n) is 3.13. The smallest absolute Gasteiger partial charge is 0.311 e. The fraction of sp³-hybridized carbons (Fsp3) is 0.300. The largest absolute Gasteiger partial charge is 0.490 e. The molecular weight excluding hydrogens is 234 g/mol. The molecule has 0 saturated heterocycles. The van der Waals surface area contributed by atoms with Crippen molar-refractivity contribution in [2.24, 2.45) is 0 Å². The van der Waals surface area contributed by atoms with Gasteiger partial charge in [-0.3, -0.25) is 14.9 Å². The van der Waals surface area contributed by atoms with E-state index in [1.165, 1.54) is 32.2 Å². The summed E-state index contributed by atoms with van der Waals surface area (Å²) in [5, 5.41) is 9.79. The summed E-state index contributed by atoms with van der Waals surface area (Å²) in [7, 11) is 1.30. The fourth-order valence-electron chi connectivity index (χ4n) is 1.33. The molecule has 0 amide bonds. The molecule has 0 N–H and O–H groups in total. The fourth-order valence-corrected chi connectivity index (χ4v) is 1.50. The number of halogens is 1. The number of carbonyl (C=O) groups is 1. The first-order chi connectivity index (χ1) is 7.49. The molecular formula is C10H10ClNO4. The van der Waals surface area contributed by atoms with Crippen molar-refractivity contribution in [1.82, 2.24) is 0 Å². The van der Waals surface area contributed by atoms with Crippen molar-refractivity contribution in [3.05, 3.63) is 33.9 Å². The predicted molar refractivity (Wildman–Crippen MR) is 58.9 cm³/mol. The molecule has 0 spiro atoms. The lowest BCUT2D eigenvalue weighted by Gasteiger charge is -2.11. The van der Waals surface area contributed by atoms with E-state index in [0.717, 1.165) is 0 Å². The van der Waals surface area contributed by atoms with Crippen LogP contribution in [0.5, 0.6) is 5.75 Å². The minimum atomic E-state index is -0.935. The van der Waals surface area contributed by atoms with E-state index < -0.39 is 10.3 Å². The Hall–Kier alpha value is -1.62. The van der Waals surface area contributed by atoms with Gasteiger partial charge in [0.05, 0.1) is 12.0 Å². The van der Waals surface area contributed by atoms with Gasteiger partial charge in [0.15, 0.2) is 5.78 Å². The molecule has 86 valence electrons. The third-order valence-corrected chi connectivity index (χ3v) is 2.60. The third-order valence-electron chi connectivity index (χ3n) is 2.06. The van der Waals surface area contributed by atoms with Crippen molar-refractivity contribution in [2.75, 3.05) is 7.11 Å². The van der Waals surface area contributed by atoms with Crippen LogP contribution in [0, 0.1) is 10.1 Å². The second-order valence-corrected chi connectivity index (χ2v) is 3.57. The van der Waals surface area contributed by atoms with Gasteiger partial charge in [0.25, 0.3) is 0 Å². The summed E-state index contributed by atoms with van der Waals surface area (Å²) in [6.07, 6.45) is 0. The minimum absolute atomic E-state index is 0.0303. The predicted octanol–water partition coefficient (Wildman–Crippen LogP) is 2.47. The van der Waals surface area contributed by atoms with Crippen LogP contribution in [0.3, 0.4) is 0 Å². The number of para-hydroxylation sites is 1. The molecule has 1 aromatic carbocycles. The van der Waals surface area contributed by atoms with Gasteiger partial charge in [-0.2, -0.15) is 0 Å². The molecule has 16 heavy (non-hydrogen) atoms. The highest BCUT2D eigenvalue weighted by Gasteiger charge is 2.24. The zero-order valence-corrected chi connectivity index (χ0v) is 9.52. The maximum absolute atomic E-state index is 11.1. The number of benzene rings is 1. The lowest BCUT2D eigenvalue weighted by atomic mass is 10.1. The van der Waals surface area contributed by atoms with E-state index in [1.54, 1.807) is 0 Å². The number of rotatable bonds is 4. The van der Waals surface area contributed by atoms with Gasteiger partial charge >= 0.3 is 5.69 Å². The Morgan fingerprint density at radius 1 is 1.56 bits per heavy atom. The number of ether oxygens (including phenoxy) is 1. The van der Waals surface area contributed by atoms with E-state index >= 15 is 0 Å². The first-order valence-electron chi connectivity index (χ1n) is 4.44. The maximum atomic E-state index is 11.1. The Balaban J connectivity index is 3.34. The number of hydrogen-bond acceptors (Lipinski definition) is 4. The van der Waals surface area contributed by atoms with Crippen molar-refractivity contribution in [1.29, 1.82) is 0 Å². The molecule has 0 aromatic heterocycles. The molecule has 0 aliphatic rings. The van der Waals surface area contributed by atoms with Gasteiger partial charge in [0, 0.05) is 11.6 Å². The van der Waals surface area contributed by atoms with Gasteiger partial charge in [-0.1, -0.05) is 12.1 Å². The highest BCUT2D eigenvalue weighted by atomic mass is 35.5. The van der Waals surface area contributed by atoms with Crippen LogP contribution in [0.15, 0.2) is 18.2 Å². The SMILES string of the molecule is COc1c(C(Cl)C(C)=O)cccc1[N+](=O)[O-]. The van der Waals surface area contributed by atoms with Crippen molar-refractivity contribution < 1.29 is 14.5 Å². The second kappa shape index (κ2) is 4.94. The van der Waals surface area contributed by atoms with Crippen molar-refractivity contribution in [3.63, 3.8) is 0 Å². The number of carbonyl (C=O) groups excluding carboxylic acids is 1. The molecule has 0 aliphatic heterocycles. The quantitative estimate of drug-likeness (QED) is 0.463. The molecule has 1 aromatic rings. The van der Waals surface area contributed by atoms with Crippen LogP contribution >= 0.6 is 11.6 Å². The van der Waals surface area contributed by atoms with Gasteiger partial charge in [0.1, 0.15) is 5.38 Å². The van der Waals surface area contributed by atoms with Gasteiger partial charge < -0.3 is 4.74 Å². The average molecular weight is 244 g/mol. The van der Waals surface area contributed by atoms with Crippen LogP contribution < -0.4 is 4.74 Å². The third kappa shape index (κ3) is 2.30. The molecule has 1 atom stereocenters. The van der Waals surface area contributed by atoms with Crippen LogP contribution in [-0.4, -0.2) is 17.8 Å². The summed E-state index contributed by atoms with van der Waals surface area (Å²) >= 11 is 5.85. The Morgan fingerprint density at radius 3 is 2.62 bits per heavy atom. The van der Waals surface area contributed by atoms with Crippen molar-refractivity contribution in [2.45, 2.75) is 12.3 Å². The van der Waals surface area contributed by atoms with E-state index in [0.29, 0.717) is 5.56 Å². The number of ketones is 1. The number of Topliss-reactive ketones (excluding diaryl/α,β-unsaturated/α-hetero) is 1. The number of nitrogens with zero attached hydrogens (tertiary/aromatic N) is 1. The lowest BCUT2D eigenvalue weighted by molar-refractivity contribution is -0.385. The molecule has 0 bridgehead atoms. The standard InChI is InChI=1S/C10H10ClNO4/c1-6(13)9(11)7-4-3-5-8(12(14)15)10(7)16-2/h3-5,9H,1-2H3. The Kier molecular flexibility index (Phi) is 3.84. The van der Waals surface area contributed by atoms with Crippen LogP contribution in [-0.2, 0) is 4.79 Å². The summed E-state index contributed by atoms with van der Waals surface area (Å²) in [5.74, 6) is -0.261. The van der Waals surface area contributed by atoms with E-state index in [-0.39, 0.29) is 17.2 Å². The topological polar surface area (TPSA) is 69.4 Å². The van der Waals surface area contributed by atoms with Crippen LogP contribution in [0.4, 0.5) is 5.69 Å².